The zero-order chi connectivity index (χ0) is 13.7. The molecular weight excluding hydrogens is 300 g/mol. The number of carbonyl (C=O) groups is 1. The zero-order valence-electron chi connectivity index (χ0n) is 10.6. The number of ether oxygens (including phenoxy) is 2. The smallest absolute Gasteiger partial charge is 0.347 e. The number of aliphatic hydroxyl groups excluding tert-OH is 1. The summed E-state index contributed by atoms with van der Waals surface area (Å²) in [4.78, 5) is 11.5. The summed E-state index contributed by atoms with van der Waals surface area (Å²) >= 11 is 3.33. The summed E-state index contributed by atoms with van der Waals surface area (Å²) in [5.74, 6) is 0.0608. The van der Waals surface area contributed by atoms with Crippen molar-refractivity contribution in [2.24, 2.45) is 0 Å². The Hall–Kier alpha value is -1.07. The second kappa shape index (κ2) is 6.75. The maximum atomic E-state index is 11.5. The third-order valence-corrected chi connectivity index (χ3v) is 2.84. The van der Waals surface area contributed by atoms with E-state index in [1.54, 1.807) is 39.0 Å². The van der Waals surface area contributed by atoms with Crippen molar-refractivity contribution >= 4 is 21.9 Å². The van der Waals surface area contributed by atoms with E-state index in [0.29, 0.717) is 17.9 Å². The normalized spacial score (nSPS) is 13.8. The first-order chi connectivity index (χ1) is 8.45. The molecule has 0 radical (unpaired) electrons. The zero-order valence-corrected chi connectivity index (χ0v) is 12.2. The largest absolute Gasteiger partial charge is 0.479 e. The number of benzene rings is 1. The summed E-state index contributed by atoms with van der Waals surface area (Å²) in [6.45, 7) is 5.32. The fourth-order valence-electron chi connectivity index (χ4n) is 1.45. The average molecular weight is 317 g/mol. The molecule has 2 atom stereocenters. The van der Waals surface area contributed by atoms with Crippen LogP contribution in [0.15, 0.2) is 22.7 Å². The monoisotopic (exact) mass is 316 g/mol. The predicted molar refractivity (Wildman–Crippen MR) is 71.5 cm³/mol. The number of halogens is 1. The van der Waals surface area contributed by atoms with Crippen LogP contribution in [0.1, 0.15) is 32.4 Å². The molecule has 1 aromatic rings. The molecule has 0 aliphatic carbocycles. The SMILES string of the molecule is CCOC(=O)C(C)Oc1ccc(Br)cc1[C@@H](C)O. The van der Waals surface area contributed by atoms with Gasteiger partial charge in [-0.1, -0.05) is 15.9 Å². The first-order valence-corrected chi connectivity index (χ1v) is 6.55. The molecule has 1 N–H and O–H groups in total. The van der Waals surface area contributed by atoms with Crippen molar-refractivity contribution in [1.29, 1.82) is 0 Å². The highest BCUT2D eigenvalue weighted by Crippen LogP contribution is 2.29. The van der Waals surface area contributed by atoms with Gasteiger partial charge in [0.25, 0.3) is 0 Å². The number of hydrogen-bond acceptors (Lipinski definition) is 4. The Morgan fingerprint density at radius 2 is 2.11 bits per heavy atom. The number of hydrogen-bond donors (Lipinski definition) is 1. The Labute approximate surface area is 115 Å². The molecule has 5 heteroatoms. The van der Waals surface area contributed by atoms with Crippen molar-refractivity contribution < 1.29 is 19.4 Å². The molecule has 0 aromatic heterocycles. The summed E-state index contributed by atoms with van der Waals surface area (Å²) in [6.07, 6.45) is -1.38. The highest BCUT2D eigenvalue weighted by atomic mass is 79.9. The summed E-state index contributed by atoms with van der Waals surface area (Å²) in [6, 6.07) is 5.26. The van der Waals surface area contributed by atoms with E-state index in [0.717, 1.165) is 4.47 Å². The minimum Gasteiger partial charge on any atom is -0.479 e. The van der Waals surface area contributed by atoms with Crippen molar-refractivity contribution in [3.63, 3.8) is 0 Å². The fourth-order valence-corrected chi connectivity index (χ4v) is 1.83. The van der Waals surface area contributed by atoms with Gasteiger partial charge in [0.15, 0.2) is 6.10 Å². The van der Waals surface area contributed by atoms with Crippen molar-refractivity contribution in [3.8, 4) is 5.75 Å². The van der Waals surface area contributed by atoms with E-state index in [9.17, 15) is 9.90 Å². The number of carbonyl (C=O) groups excluding carboxylic acids is 1. The van der Waals surface area contributed by atoms with Crippen LogP contribution < -0.4 is 4.74 Å². The van der Waals surface area contributed by atoms with E-state index >= 15 is 0 Å². The third-order valence-electron chi connectivity index (χ3n) is 2.34. The number of aliphatic hydroxyl groups is 1. The van der Waals surface area contributed by atoms with Crippen LogP contribution >= 0.6 is 15.9 Å². The van der Waals surface area contributed by atoms with Gasteiger partial charge in [-0.05, 0) is 39.0 Å². The van der Waals surface area contributed by atoms with Crippen LogP contribution in [0.2, 0.25) is 0 Å². The second-order valence-electron chi connectivity index (χ2n) is 3.87. The first-order valence-electron chi connectivity index (χ1n) is 5.76. The van der Waals surface area contributed by atoms with Crippen molar-refractivity contribution in [1.82, 2.24) is 0 Å². The summed E-state index contributed by atoms with van der Waals surface area (Å²) in [7, 11) is 0. The van der Waals surface area contributed by atoms with Crippen LogP contribution in [0.25, 0.3) is 0 Å². The van der Waals surface area contributed by atoms with Crippen molar-refractivity contribution in [2.75, 3.05) is 6.61 Å². The Bertz CT molecular complexity index is 417. The molecular formula is C13H17BrO4. The lowest BCUT2D eigenvalue weighted by molar-refractivity contribution is -0.150. The van der Waals surface area contributed by atoms with Gasteiger partial charge in [0.2, 0.25) is 0 Å². The van der Waals surface area contributed by atoms with Gasteiger partial charge in [-0.25, -0.2) is 4.79 Å². The minimum absolute atomic E-state index is 0.316. The molecule has 0 aliphatic rings. The maximum absolute atomic E-state index is 11.5. The topological polar surface area (TPSA) is 55.8 Å². The summed E-state index contributed by atoms with van der Waals surface area (Å²) in [5.41, 5.74) is 0.625. The number of rotatable bonds is 5. The molecule has 0 saturated heterocycles. The van der Waals surface area contributed by atoms with Crippen molar-refractivity contribution in [3.05, 3.63) is 28.2 Å². The van der Waals surface area contributed by atoms with Gasteiger partial charge in [-0.15, -0.1) is 0 Å². The highest BCUT2D eigenvalue weighted by Gasteiger charge is 2.18. The van der Waals surface area contributed by atoms with Gasteiger partial charge < -0.3 is 14.6 Å². The molecule has 0 fully saturated rings. The van der Waals surface area contributed by atoms with Gasteiger partial charge in [0, 0.05) is 10.0 Å². The van der Waals surface area contributed by atoms with Gasteiger partial charge in [-0.3, -0.25) is 0 Å². The van der Waals surface area contributed by atoms with E-state index in [1.807, 2.05) is 0 Å². The van der Waals surface area contributed by atoms with E-state index in [-0.39, 0.29) is 0 Å². The molecule has 0 heterocycles. The molecule has 100 valence electrons. The lowest BCUT2D eigenvalue weighted by Crippen LogP contribution is -2.26. The molecule has 18 heavy (non-hydrogen) atoms. The van der Waals surface area contributed by atoms with Crippen LogP contribution in [0.5, 0.6) is 5.75 Å². The van der Waals surface area contributed by atoms with Crippen LogP contribution in [-0.4, -0.2) is 23.8 Å². The average Bonchev–Trinajstić information content (AvgIpc) is 2.31. The van der Waals surface area contributed by atoms with Crippen molar-refractivity contribution in [2.45, 2.75) is 33.0 Å². The van der Waals surface area contributed by atoms with Gasteiger partial charge in [-0.2, -0.15) is 0 Å². The van der Waals surface area contributed by atoms with Crippen LogP contribution in [0, 0.1) is 0 Å². The number of esters is 1. The molecule has 1 aromatic carbocycles. The standard InChI is InChI=1S/C13H17BrO4/c1-4-17-13(16)9(3)18-12-6-5-10(14)7-11(12)8(2)15/h5-9,15H,4H2,1-3H3/t8-,9?/m1/s1. The molecule has 0 amide bonds. The summed E-state index contributed by atoms with van der Waals surface area (Å²) < 4.78 is 11.2. The molecule has 1 unspecified atom stereocenters. The van der Waals surface area contributed by atoms with Crippen LogP contribution in [0.4, 0.5) is 0 Å². The van der Waals surface area contributed by atoms with Crippen LogP contribution in [0.3, 0.4) is 0 Å². The van der Waals surface area contributed by atoms with E-state index in [1.165, 1.54) is 0 Å². The third kappa shape index (κ3) is 3.99. The summed E-state index contributed by atoms with van der Waals surface area (Å²) in [5, 5.41) is 9.67. The maximum Gasteiger partial charge on any atom is 0.347 e. The lowest BCUT2D eigenvalue weighted by atomic mass is 10.1. The van der Waals surface area contributed by atoms with E-state index in [4.69, 9.17) is 9.47 Å². The Morgan fingerprint density at radius 1 is 1.44 bits per heavy atom. The predicted octanol–water partition coefficient (Wildman–Crippen LogP) is 2.83. The first kappa shape index (κ1) is 15.0. The molecule has 0 spiro atoms. The van der Waals surface area contributed by atoms with Gasteiger partial charge >= 0.3 is 5.97 Å². The molecule has 4 nitrogen and oxygen atoms in total. The second-order valence-corrected chi connectivity index (χ2v) is 4.79. The van der Waals surface area contributed by atoms with E-state index in [2.05, 4.69) is 15.9 Å². The Kier molecular flexibility index (Phi) is 5.62. The molecule has 0 aliphatic heterocycles. The quantitative estimate of drug-likeness (QED) is 0.849. The Morgan fingerprint density at radius 3 is 2.67 bits per heavy atom. The molecule has 0 bridgehead atoms. The molecule has 0 saturated carbocycles. The van der Waals surface area contributed by atoms with Gasteiger partial charge in [0.05, 0.1) is 12.7 Å². The Balaban J connectivity index is 2.87. The fraction of sp³-hybridized carbons (Fsp3) is 0.462. The van der Waals surface area contributed by atoms with Gasteiger partial charge in [0.1, 0.15) is 5.75 Å². The minimum atomic E-state index is -0.705. The van der Waals surface area contributed by atoms with E-state index < -0.39 is 18.2 Å². The molecule has 1 rings (SSSR count). The highest BCUT2D eigenvalue weighted by molar-refractivity contribution is 9.10. The van der Waals surface area contributed by atoms with Crippen LogP contribution in [-0.2, 0) is 9.53 Å². The lowest BCUT2D eigenvalue weighted by Gasteiger charge is -2.17.